The van der Waals surface area contributed by atoms with Crippen LogP contribution in [0.2, 0.25) is 0 Å². The highest BCUT2D eigenvalue weighted by molar-refractivity contribution is 9.10. The van der Waals surface area contributed by atoms with E-state index in [9.17, 15) is 5.11 Å². The Kier molecular flexibility index (Phi) is 4.87. The molecule has 19 heavy (non-hydrogen) atoms. The number of hydrogen-bond acceptors (Lipinski definition) is 3. The molecule has 1 N–H and O–H groups in total. The fourth-order valence-electron chi connectivity index (χ4n) is 2.55. The fraction of sp³-hybridized carbons (Fsp3) is 0.600. The number of benzene rings is 1. The van der Waals surface area contributed by atoms with Crippen LogP contribution in [0, 0.1) is 0 Å². The lowest BCUT2D eigenvalue weighted by Gasteiger charge is -2.38. The van der Waals surface area contributed by atoms with Gasteiger partial charge in [-0.1, -0.05) is 22.0 Å². The Morgan fingerprint density at radius 3 is 2.21 bits per heavy atom. The predicted octanol–water partition coefficient (Wildman–Crippen LogP) is 3.03. The van der Waals surface area contributed by atoms with E-state index in [2.05, 4.69) is 51.7 Å². The van der Waals surface area contributed by atoms with Crippen molar-refractivity contribution in [3.8, 4) is 0 Å². The molecule has 0 aromatic heterocycles. The molecule has 1 aliphatic heterocycles. The van der Waals surface area contributed by atoms with Gasteiger partial charge in [0.15, 0.2) is 0 Å². The molecule has 1 aliphatic rings. The fourth-order valence-corrected chi connectivity index (χ4v) is 3.25. The molecule has 0 radical (unpaired) electrons. The summed E-state index contributed by atoms with van der Waals surface area (Å²) >= 11 is 3.55. The molecule has 1 heterocycles. The van der Waals surface area contributed by atoms with Crippen LogP contribution in [0.1, 0.15) is 32.4 Å². The lowest BCUT2D eigenvalue weighted by molar-refractivity contribution is 0.198. The van der Waals surface area contributed by atoms with Crippen LogP contribution in [0.15, 0.2) is 22.7 Å². The smallest absolute Gasteiger partial charge is 0.0772 e. The lowest BCUT2D eigenvalue weighted by atomic mass is 10.1. The summed E-state index contributed by atoms with van der Waals surface area (Å²) in [7, 11) is 0. The zero-order valence-electron chi connectivity index (χ0n) is 11.9. The van der Waals surface area contributed by atoms with Gasteiger partial charge in [0.2, 0.25) is 0 Å². The number of aliphatic hydroxyl groups excluding tert-OH is 1. The van der Waals surface area contributed by atoms with Crippen LogP contribution in [-0.4, -0.2) is 42.2 Å². The maximum absolute atomic E-state index is 9.65. The van der Waals surface area contributed by atoms with Crippen molar-refractivity contribution >= 4 is 21.6 Å². The molecule has 1 saturated heterocycles. The molecule has 1 fully saturated rings. The minimum atomic E-state index is -0.429. The summed E-state index contributed by atoms with van der Waals surface area (Å²) in [5.74, 6) is 0. The molecule has 0 bridgehead atoms. The largest absolute Gasteiger partial charge is 0.389 e. The van der Waals surface area contributed by atoms with Crippen molar-refractivity contribution in [2.75, 3.05) is 31.1 Å². The van der Waals surface area contributed by atoms with Crippen molar-refractivity contribution < 1.29 is 5.11 Å². The minimum absolute atomic E-state index is 0.429. The number of piperazine rings is 1. The van der Waals surface area contributed by atoms with Crippen LogP contribution >= 0.6 is 15.9 Å². The van der Waals surface area contributed by atoms with Gasteiger partial charge in [-0.3, -0.25) is 4.90 Å². The highest BCUT2D eigenvalue weighted by Crippen LogP contribution is 2.28. The molecular weight excluding hydrogens is 304 g/mol. The van der Waals surface area contributed by atoms with E-state index in [1.165, 1.54) is 5.69 Å². The first-order chi connectivity index (χ1) is 8.99. The molecule has 1 aromatic carbocycles. The molecule has 4 heteroatoms. The van der Waals surface area contributed by atoms with E-state index in [4.69, 9.17) is 0 Å². The van der Waals surface area contributed by atoms with Gasteiger partial charge in [0.25, 0.3) is 0 Å². The van der Waals surface area contributed by atoms with Gasteiger partial charge in [0, 0.05) is 42.4 Å². The first-order valence-corrected chi connectivity index (χ1v) is 7.75. The predicted molar refractivity (Wildman–Crippen MR) is 83.7 cm³/mol. The standard InChI is InChI=1S/C15H23BrN2O/c1-11(2)17-6-8-18(9-7-17)13-4-5-14(12(3)19)15(16)10-13/h4-5,10-12,19H,6-9H2,1-3H3/t12-/m0/s1. The second kappa shape index (κ2) is 6.25. The van der Waals surface area contributed by atoms with Crippen molar-refractivity contribution in [1.82, 2.24) is 4.90 Å². The Morgan fingerprint density at radius 2 is 1.74 bits per heavy atom. The zero-order valence-corrected chi connectivity index (χ0v) is 13.5. The Bertz CT molecular complexity index is 426. The third-order valence-electron chi connectivity index (χ3n) is 3.84. The van der Waals surface area contributed by atoms with Crippen molar-refractivity contribution in [1.29, 1.82) is 0 Å². The summed E-state index contributed by atoms with van der Waals surface area (Å²) in [6, 6.07) is 6.87. The molecule has 0 amide bonds. The van der Waals surface area contributed by atoms with Gasteiger partial charge in [0.1, 0.15) is 0 Å². The number of rotatable bonds is 3. The monoisotopic (exact) mass is 326 g/mol. The molecule has 0 spiro atoms. The number of hydrogen-bond donors (Lipinski definition) is 1. The molecule has 1 aromatic rings. The Labute approximate surface area is 124 Å². The van der Waals surface area contributed by atoms with Crippen LogP contribution in [0.25, 0.3) is 0 Å². The molecular formula is C15H23BrN2O. The average molecular weight is 327 g/mol. The Hall–Kier alpha value is -0.580. The van der Waals surface area contributed by atoms with Gasteiger partial charge in [0.05, 0.1) is 6.10 Å². The maximum atomic E-state index is 9.65. The second-order valence-corrected chi connectivity index (χ2v) is 6.35. The SMILES string of the molecule is CC(C)N1CCN(c2ccc([C@H](C)O)c(Br)c2)CC1. The molecule has 106 valence electrons. The van der Waals surface area contributed by atoms with Crippen LogP contribution in [0.3, 0.4) is 0 Å². The summed E-state index contributed by atoms with van der Waals surface area (Å²) in [5, 5.41) is 9.65. The van der Waals surface area contributed by atoms with Gasteiger partial charge < -0.3 is 10.0 Å². The number of halogens is 1. The number of anilines is 1. The van der Waals surface area contributed by atoms with Crippen molar-refractivity contribution in [2.24, 2.45) is 0 Å². The second-order valence-electron chi connectivity index (χ2n) is 5.50. The van der Waals surface area contributed by atoms with E-state index in [1.807, 2.05) is 6.07 Å². The highest BCUT2D eigenvalue weighted by Gasteiger charge is 2.19. The van der Waals surface area contributed by atoms with Crippen molar-refractivity contribution in [3.63, 3.8) is 0 Å². The third kappa shape index (κ3) is 3.50. The summed E-state index contributed by atoms with van der Waals surface area (Å²) in [4.78, 5) is 4.92. The maximum Gasteiger partial charge on any atom is 0.0772 e. The molecule has 1 atom stereocenters. The molecule has 0 saturated carbocycles. The van der Waals surface area contributed by atoms with Crippen LogP contribution in [0.4, 0.5) is 5.69 Å². The first-order valence-electron chi connectivity index (χ1n) is 6.95. The van der Waals surface area contributed by atoms with E-state index in [0.29, 0.717) is 6.04 Å². The van der Waals surface area contributed by atoms with E-state index in [-0.39, 0.29) is 0 Å². The van der Waals surface area contributed by atoms with Crippen LogP contribution in [-0.2, 0) is 0 Å². The summed E-state index contributed by atoms with van der Waals surface area (Å²) in [6.07, 6.45) is -0.429. The number of aliphatic hydroxyl groups is 1. The minimum Gasteiger partial charge on any atom is -0.389 e. The molecule has 0 aliphatic carbocycles. The Balaban J connectivity index is 2.06. The third-order valence-corrected chi connectivity index (χ3v) is 4.53. The van der Waals surface area contributed by atoms with Gasteiger partial charge in [-0.05, 0) is 38.5 Å². The van der Waals surface area contributed by atoms with E-state index in [1.54, 1.807) is 6.92 Å². The van der Waals surface area contributed by atoms with E-state index < -0.39 is 6.10 Å². The van der Waals surface area contributed by atoms with Crippen molar-refractivity contribution in [2.45, 2.75) is 32.9 Å². The highest BCUT2D eigenvalue weighted by atomic mass is 79.9. The quantitative estimate of drug-likeness (QED) is 0.924. The molecule has 3 nitrogen and oxygen atoms in total. The Morgan fingerprint density at radius 1 is 1.11 bits per heavy atom. The van der Waals surface area contributed by atoms with Gasteiger partial charge in [-0.2, -0.15) is 0 Å². The van der Waals surface area contributed by atoms with Crippen molar-refractivity contribution in [3.05, 3.63) is 28.2 Å². The van der Waals surface area contributed by atoms with Crippen LogP contribution < -0.4 is 4.90 Å². The molecule has 2 rings (SSSR count). The summed E-state index contributed by atoms with van der Waals surface area (Å²) < 4.78 is 0.992. The topological polar surface area (TPSA) is 26.7 Å². The van der Waals surface area contributed by atoms with Crippen LogP contribution in [0.5, 0.6) is 0 Å². The first kappa shape index (κ1) is 14.8. The lowest BCUT2D eigenvalue weighted by Crippen LogP contribution is -2.48. The van der Waals surface area contributed by atoms with Gasteiger partial charge >= 0.3 is 0 Å². The van der Waals surface area contributed by atoms with E-state index >= 15 is 0 Å². The van der Waals surface area contributed by atoms with Gasteiger partial charge in [-0.15, -0.1) is 0 Å². The normalized spacial score (nSPS) is 18.9. The van der Waals surface area contributed by atoms with E-state index in [0.717, 1.165) is 36.2 Å². The number of nitrogens with zero attached hydrogens (tertiary/aromatic N) is 2. The van der Waals surface area contributed by atoms with Gasteiger partial charge in [-0.25, -0.2) is 0 Å². The zero-order chi connectivity index (χ0) is 14.0. The average Bonchev–Trinajstić information content (AvgIpc) is 2.38. The summed E-state index contributed by atoms with van der Waals surface area (Å²) in [6.45, 7) is 10.7. The summed E-state index contributed by atoms with van der Waals surface area (Å²) in [5.41, 5.74) is 2.18. The molecule has 0 unspecified atom stereocenters.